The van der Waals surface area contributed by atoms with E-state index in [1.54, 1.807) is 18.2 Å². The van der Waals surface area contributed by atoms with E-state index in [9.17, 15) is 9.59 Å². The SMILES string of the molecule is CCCC(N)C(=O)NCCc1cccc(C(=O)O)c1. The van der Waals surface area contributed by atoms with E-state index in [-0.39, 0.29) is 11.5 Å². The Bertz CT molecular complexity index is 446. The maximum Gasteiger partial charge on any atom is 0.335 e. The highest BCUT2D eigenvalue weighted by Gasteiger charge is 2.11. The summed E-state index contributed by atoms with van der Waals surface area (Å²) in [5.74, 6) is -1.10. The van der Waals surface area contributed by atoms with Gasteiger partial charge in [-0.2, -0.15) is 0 Å². The van der Waals surface area contributed by atoms with Crippen LogP contribution in [-0.4, -0.2) is 29.6 Å². The molecule has 104 valence electrons. The molecule has 0 heterocycles. The van der Waals surface area contributed by atoms with Crippen molar-refractivity contribution < 1.29 is 14.7 Å². The maximum absolute atomic E-state index is 11.6. The van der Waals surface area contributed by atoms with Crippen LogP contribution >= 0.6 is 0 Å². The van der Waals surface area contributed by atoms with E-state index in [0.29, 0.717) is 19.4 Å². The van der Waals surface area contributed by atoms with Crippen molar-refractivity contribution >= 4 is 11.9 Å². The summed E-state index contributed by atoms with van der Waals surface area (Å²) in [5.41, 5.74) is 6.82. The van der Waals surface area contributed by atoms with Crippen LogP contribution in [0.4, 0.5) is 0 Å². The van der Waals surface area contributed by atoms with Crippen molar-refractivity contribution in [1.29, 1.82) is 0 Å². The minimum absolute atomic E-state index is 0.156. The summed E-state index contributed by atoms with van der Waals surface area (Å²) in [6, 6.07) is 6.23. The number of carboxylic acids is 1. The molecule has 0 aliphatic rings. The largest absolute Gasteiger partial charge is 0.478 e. The molecule has 0 spiro atoms. The molecular weight excluding hydrogens is 244 g/mol. The predicted molar refractivity (Wildman–Crippen MR) is 73.0 cm³/mol. The zero-order chi connectivity index (χ0) is 14.3. The number of carboxylic acid groups (broad SMARTS) is 1. The second-order valence-corrected chi connectivity index (χ2v) is 4.44. The minimum atomic E-state index is -0.948. The van der Waals surface area contributed by atoms with Crippen molar-refractivity contribution in [1.82, 2.24) is 5.32 Å². The molecule has 0 saturated heterocycles. The van der Waals surface area contributed by atoms with E-state index in [1.807, 2.05) is 13.0 Å². The molecule has 1 aromatic rings. The van der Waals surface area contributed by atoms with Gasteiger partial charge in [-0.15, -0.1) is 0 Å². The normalized spacial score (nSPS) is 11.9. The van der Waals surface area contributed by atoms with Gasteiger partial charge in [0, 0.05) is 6.54 Å². The van der Waals surface area contributed by atoms with Crippen LogP contribution in [-0.2, 0) is 11.2 Å². The lowest BCUT2D eigenvalue weighted by atomic mass is 10.1. The van der Waals surface area contributed by atoms with Crippen LogP contribution in [0.3, 0.4) is 0 Å². The lowest BCUT2D eigenvalue weighted by Gasteiger charge is -2.11. The second-order valence-electron chi connectivity index (χ2n) is 4.44. The Morgan fingerprint density at radius 2 is 2.16 bits per heavy atom. The summed E-state index contributed by atoms with van der Waals surface area (Å²) in [6.45, 7) is 2.43. The highest BCUT2D eigenvalue weighted by atomic mass is 16.4. The first-order valence-corrected chi connectivity index (χ1v) is 6.40. The van der Waals surface area contributed by atoms with Gasteiger partial charge in [0.25, 0.3) is 0 Å². The molecule has 0 bridgehead atoms. The standard InChI is InChI=1S/C14H20N2O3/c1-2-4-12(15)13(17)16-8-7-10-5-3-6-11(9-10)14(18)19/h3,5-6,9,12H,2,4,7-8,15H2,1H3,(H,16,17)(H,18,19). The molecule has 0 saturated carbocycles. The molecule has 5 nitrogen and oxygen atoms in total. The first-order valence-electron chi connectivity index (χ1n) is 6.40. The van der Waals surface area contributed by atoms with E-state index in [0.717, 1.165) is 12.0 Å². The van der Waals surface area contributed by atoms with Crippen molar-refractivity contribution in [3.63, 3.8) is 0 Å². The van der Waals surface area contributed by atoms with Crippen molar-refractivity contribution in [2.45, 2.75) is 32.2 Å². The smallest absolute Gasteiger partial charge is 0.335 e. The van der Waals surface area contributed by atoms with Crippen LogP contribution in [0.15, 0.2) is 24.3 Å². The van der Waals surface area contributed by atoms with Gasteiger partial charge in [-0.05, 0) is 30.5 Å². The van der Waals surface area contributed by atoms with Crippen molar-refractivity contribution in [2.24, 2.45) is 5.73 Å². The van der Waals surface area contributed by atoms with E-state index < -0.39 is 12.0 Å². The average molecular weight is 264 g/mol. The minimum Gasteiger partial charge on any atom is -0.478 e. The van der Waals surface area contributed by atoms with Crippen LogP contribution in [0, 0.1) is 0 Å². The summed E-state index contributed by atoms with van der Waals surface area (Å²) < 4.78 is 0. The Balaban J connectivity index is 2.43. The Labute approximate surface area is 112 Å². The molecule has 1 unspecified atom stereocenters. The third-order valence-corrected chi connectivity index (χ3v) is 2.82. The van der Waals surface area contributed by atoms with Gasteiger partial charge >= 0.3 is 5.97 Å². The van der Waals surface area contributed by atoms with Crippen LogP contribution in [0.2, 0.25) is 0 Å². The van der Waals surface area contributed by atoms with E-state index in [4.69, 9.17) is 10.8 Å². The summed E-state index contributed by atoms with van der Waals surface area (Å²) in [4.78, 5) is 22.4. The molecule has 0 aromatic heterocycles. The monoisotopic (exact) mass is 264 g/mol. The maximum atomic E-state index is 11.6. The quantitative estimate of drug-likeness (QED) is 0.689. The molecule has 0 radical (unpaired) electrons. The first-order chi connectivity index (χ1) is 9.04. The van der Waals surface area contributed by atoms with E-state index >= 15 is 0 Å². The van der Waals surface area contributed by atoms with Gasteiger partial charge in [0.05, 0.1) is 11.6 Å². The number of amides is 1. The fourth-order valence-corrected chi connectivity index (χ4v) is 1.76. The first kappa shape index (κ1) is 15.2. The third kappa shape index (κ3) is 5.09. The highest BCUT2D eigenvalue weighted by molar-refractivity contribution is 5.87. The Morgan fingerprint density at radius 1 is 1.42 bits per heavy atom. The lowest BCUT2D eigenvalue weighted by molar-refractivity contribution is -0.122. The van der Waals surface area contributed by atoms with E-state index in [1.165, 1.54) is 0 Å². The topological polar surface area (TPSA) is 92.4 Å². The Morgan fingerprint density at radius 3 is 2.79 bits per heavy atom. The number of hydrogen-bond acceptors (Lipinski definition) is 3. The number of hydrogen-bond donors (Lipinski definition) is 3. The highest BCUT2D eigenvalue weighted by Crippen LogP contribution is 2.05. The molecule has 1 amide bonds. The van der Waals surface area contributed by atoms with Crippen LogP contribution in [0.25, 0.3) is 0 Å². The molecule has 1 aromatic carbocycles. The van der Waals surface area contributed by atoms with Crippen molar-refractivity contribution in [3.8, 4) is 0 Å². The zero-order valence-corrected chi connectivity index (χ0v) is 11.1. The lowest BCUT2D eigenvalue weighted by Crippen LogP contribution is -2.41. The number of rotatable bonds is 7. The summed E-state index contributed by atoms with van der Waals surface area (Å²) in [7, 11) is 0. The molecule has 0 fully saturated rings. The molecule has 1 rings (SSSR count). The van der Waals surface area contributed by atoms with E-state index in [2.05, 4.69) is 5.32 Å². The Kier molecular flexibility index (Phi) is 6.02. The van der Waals surface area contributed by atoms with Gasteiger partial charge in [0.2, 0.25) is 5.91 Å². The number of carbonyl (C=O) groups excluding carboxylic acids is 1. The molecule has 1 atom stereocenters. The fourth-order valence-electron chi connectivity index (χ4n) is 1.76. The average Bonchev–Trinajstić information content (AvgIpc) is 2.39. The van der Waals surface area contributed by atoms with Gasteiger partial charge in [-0.3, -0.25) is 4.79 Å². The molecule has 4 N–H and O–H groups in total. The third-order valence-electron chi connectivity index (χ3n) is 2.82. The Hall–Kier alpha value is -1.88. The number of carbonyl (C=O) groups is 2. The zero-order valence-electron chi connectivity index (χ0n) is 11.1. The van der Waals surface area contributed by atoms with Crippen LogP contribution in [0.5, 0.6) is 0 Å². The number of nitrogens with one attached hydrogen (secondary N) is 1. The van der Waals surface area contributed by atoms with Gasteiger partial charge in [-0.1, -0.05) is 25.5 Å². The van der Waals surface area contributed by atoms with Crippen molar-refractivity contribution in [2.75, 3.05) is 6.54 Å². The van der Waals surface area contributed by atoms with Gasteiger partial charge in [-0.25, -0.2) is 4.79 Å². The number of nitrogens with two attached hydrogens (primary N) is 1. The summed E-state index contributed by atoms with van der Waals surface area (Å²) in [6.07, 6.45) is 2.13. The van der Waals surface area contributed by atoms with Crippen molar-refractivity contribution in [3.05, 3.63) is 35.4 Å². The molecule has 5 heteroatoms. The number of aromatic carboxylic acids is 1. The van der Waals surface area contributed by atoms with Gasteiger partial charge in [0.1, 0.15) is 0 Å². The summed E-state index contributed by atoms with van der Waals surface area (Å²) >= 11 is 0. The molecule has 19 heavy (non-hydrogen) atoms. The van der Waals surface area contributed by atoms with Gasteiger partial charge in [0.15, 0.2) is 0 Å². The number of benzene rings is 1. The molecule has 0 aliphatic heterocycles. The fraction of sp³-hybridized carbons (Fsp3) is 0.429. The van der Waals surface area contributed by atoms with Crippen LogP contribution < -0.4 is 11.1 Å². The molecular formula is C14H20N2O3. The summed E-state index contributed by atoms with van der Waals surface area (Å²) in [5, 5.41) is 11.6. The molecule has 0 aliphatic carbocycles. The van der Waals surface area contributed by atoms with Gasteiger partial charge < -0.3 is 16.2 Å². The predicted octanol–water partition coefficient (Wildman–Crippen LogP) is 1.17. The van der Waals surface area contributed by atoms with Crippen LogP contribution in [0.1, 0.15) is 35.7 Å². The second kappa shape index (κ2) is 7.53.